The minimum absolute atomic E-state index is 1.13. The van der Waals surface area contributed by atoms with Crippen LogP contribution in [0.25, 0.3) is 32.3 Å². The molecule has 0 amide bonds. The molecule has 0 aliphatic heterocycles. The number of rotatable bonds is 0. The first kappa shape index (κ1) is 12.1. The lowest BCUT2D eigenvalue weighted by molar-refractivity contribution is 1.76. The maximum absolute atomic E-state index is 3.75. The second-order valence-corrected chi connectivity index (χ2v) is 6.40. The summed E-state index contributed by atoms with van der Waals surface area (Å²) < 4.78 is 1.13. The largest absolute Gasteiger partial charge is 0.0720 e. The Hall–Kier alpha value is -1.64. The van der Waals surface area contributed by atoms with Gasteiger partial charge in [-0.05, 0) is 50.5 Å². The van der Waals surface area contributed by atoms with Crippen LogP contribution in [0.4, 0.5) is 0 Å². The molecule has 0 atom stereocenters. The molecule has 0 N–H and O–H groups in total. The highest BCUT2D eigenvalue weighted by Gasteiger charge is 2.07. The molecule has 0 nitrogen and oxygen atoms in total. The minimum atomic E-state index is 1.13. The van der Waals surface area contributed by atoms with Crippen molar-refractivity contribution < 1.29 is 0 Å². The molecule has 0 heterocycles. The molecule has 93 valence electrons. The Kier molecular flexibility index (Phi) is 2.69. The van der Waals surface area contributed by atoms with Crippen LogP contribution in [0.3, 0.4) is 0 Å². The molecule has 4 rings (SSSR count). The Morgan fingerprint density at radius 3 is 2.25 bits per heavy atom. The van der Waals surface area contributed by atoms with Crippen molar-refractivity contribution in [2.75, 3.05) is 0 Å². The van der Waals surface area contributed by atoms with Crippen molar-refractivity contribution in [1.82, 2.24) is 0 Å². The number of benzene rings is 4. The summed E-state index contributed by atoms with van der Waals surface area (Å²) in [6.07, 6.45) is 0. The van der Waals surface area contributed by atoms with Gasteiger partial charge in [-0.1, -0.05) is 63.6 Å². The molecule has 0 bridgehead atoms. The second-order valence-electron chi connectivity index (χ2n) is 5.00. The number of fused-ring (bicyclic) bond motifs is 4. The van der Waals surface area contributed by atoms with Crippen molar-refractivity contribution in [3.8, 4) is 0 Å². The topological polar surface area (TPSA) is 0 Å². The fraction of sp³-hybridized carbons (Fsp3) is 0. The Bertz CT molecular complexity index is 973. The van der Waals surface area contributed by atoms with Crippen LogP contribution in [-0.4, -0.2) is 10.2 Å². The van der Waals surface area contributed by atoms with Crippen LogP contribution in [-0.2, 0) is 0 Å². The van der Waals surface area contributed by atoms with Crippen molar-refractivity contribution in [3.63, 3.8) is 0 Å². The second kappa shape index (κ2) is 4.44. The Morgan fingerprint density at radius 1 is 0.700 bits per heavy atom. The van der Waals surface area contributed by atoms with Gasteiger partial charge in [0.05, 0.1) is 10.2 Å². The summed E-state index contributed by atoms with van der Waals surface area (Å²) in [5, 5.41) is 8.74. The monoisotopic (exact) mass is 333 g/mol. The third kappa shape index (κ3) is 1.72. The molecule has 0 aliphatic carbocycles. The average Bonchev–Trinajstić information content (AvgIpc) is 2.48. The van der Waals surface area contributed by atoms with Gasteiger partial charge >= 0.3 is 0 Å². The van der Waals surface area contributed by atoms with Gasteiger partial charge in [-0.15, -0.1) is 0 Å². The molecule has 4 aromatic rings. The van der Waals surface area contributed by atoms with E-state index < -0.39 is 0 Å². The van der Waals surface area contributed by atoms with E-state index in [1.807, 2.05) is 0 Å². The smallest absolute Gasteiger partial charge is 0.0621 e. The highest BCUT2D eigenvalue weighted by atomic mass is 79.9. The highest BCUT2D eigenvalue weighted by molar-refractivity contribution is 9.10. The lowest BCUT2D eigenvalue weighted by Gasteiger charge is -2.10. The van der Waals surface area contributed by atoms with Crippen LogP contribution >= 0.6 is 15.9 Å². The molecule has 0 fully saturated rings. The molecule has 0 saturated carbocycles. The van der Waals surface area contributed by atoms with Crippen molar-refractivity contribution in [1.29, 1.82) is 0 Å². The Labute approximate surface area is 129 Å². The summed E-state index contributed by atoms with van der Waals surface area (Å²) in [5.74, 6) is 0. The summed E-state index contributed by atoms with van der Waals surface area (Å²) >= 11 is 3.64. The van der Waals surface area contributed by atoms with Crippen LogP contribution < -0.4 is 5.19 Å². The predicted octanol–water partition coefficient (Wildman–Crippen LogP) is 4.70. The first-order valence-corrected chi connectivity index (χ1v) is 7.79. The Morgan fingerprint density at radius 2 is 1.45 bits per heavy atom. The average molecular weight is 334 g/mol. The molecule has 0 spiro atoms. The van der Waals surface area contributed by atoms with E-state index in [4.69, 9.17) is 0 Å². The van der Waals surface area contributed by atoms with Gasteiger partial charge < -0.3 is 0 Å². The van der Waals surface area contributed by atoms with Gasteiger partial charge in [-0.25, -0.2) is 0 Å². The summed E-state index contributed by atoms with van der Waals surface area (Å²) in [5.41, 5.74) is 0. The quantitative estimate of drug-likeness (QED) is 0.248. The third-order valence-electron chi connectivity index (χ3n) is 3.81. The van der Waals surface area contributed by atoms with Crippen LogP contribution in [0.2, 0.25) is 0 Å². The van der Waals surface area contributed by atoms with Crippen molar-refractivity contribution >= 4 is 63.7 Å². The van der Waals surface area contributed by atoms with Gasteiger partial charge in [-0.2, -0.15) is 0 Å². The van der Waals surface area contributed by atoms with Gasteiger partial charge in [0.2, 0.25) is 0 Å². The number of halogens is 1. The molecular weight excluding hydrogens is 324 g/mol. The predicted molar refractivity (Wildman–Crippen MR) is 92.0 cm³/mol. The SMILES string of the molecule is [Si]c1ccc(Br)c2ccc3cc4ccccc4cc3c12. The molecule has 0 saturated heterocycles. The van der Waals surface area contributed by atoms with E-state index >= 15 is 0 Å². The van der Waals surface area contributed by atoms with Crippen LogP contribution in [0, 0.1) is 0 Å². The third-order valence-corrected chi connectivity index (χ3v) is 4.92. The van der Waals surface area contributed by atoms with Crippen LogP contribution in [0.15, 0.2) is 65.1 Å². The zero-order valence-electron chi connectivity index (χ0n) is 10.7. The van der Waals surface area contributed by atoms with E-state index in [2.05, 4.69) is 86.8 Å². The lowest BCUT2D eigenvalue weighted by Crippen LogP contribution is -2.03. The molecule has 0 unspecified atom stereocenters. The van der Waals surface area contributed by atoms with Gasteiger partial charge in [0.25, 0.3) is 0 Å². The summed E-state index contributed by atoms with van der Waals surface area (Å²) in [6, 6.07) is 21.6. The minimum Gasteiger partial charge on any atom is -0.0621 e. The van der Waals surface area contributed by atoms with Gasteiger partial charge in [0.1, 0.15) is 0 Å². The summed E-state index contributed by atoms with van der Waals surface area (Å²) in [4.78, 5) is 0. The number of hydrogen-bond donors (Lipinski definition) is 0. The molecule has 2 heteroatoms. The van der Waals surface area contributed by atoms with Gasteiger partial charge in [-0.3, -0.25) is 0 Å². The molecule has 0 aromatic heterocycles. The van der Waals surface area contributed by atoms with Crippen molar-refractivity contribution in [3.05, 3.63) is 65.1 Å². The van der Waals surface area contributed by atoms with Crippen molar-refractivity contribution in [2.45, 2.75) is 0 Å². The highest BCUT2D eigenvalue weighted by Crippen LogP contribution is 2.31. The molecule has 20 heavy (non-hydrogen) atoms. The lowest BCUT2D eigenvalue weighted by atomic mass is 9.98. The van der Waals surface area contributed by atoms with E-state index in [-0.39, 0.29) is 0 Å². The summed E-state index contributed by atoms with van der Waals surface area (Å²) in [6.45, 7) is 0. The van der Waals surface area contributed by atoms with E-state index in [1.54, 1.807) is 0 Å². The van der Waals surface area contributed by atoms with Crippen molar-refractivity contribution in [2.24, 2.45) is 0 Å². The first-order valence-electron chi connectivity index (χ1n) is 6.49. The maximum Gasteiger partial charge on any atom is 0.0720 e. The van der Waals surface area contributed by atoms with E-state index in [9.17, 15) is 0 Å². The van der Waals surface area contributed by atoms with Crippen LogP contribution in [0.1, 0.15) is 0 Å². The summed E-state index contributed by atoms with van der Waals surface area (Å²) in [7, 11) is 3.75. The van der Waals surface area contributed by atoms with Crippen LogP contribution in [0.5, 0.6) is 0 Å². The van der Waals surface area contributed by atoms with Gasteiger partial charge in [0.15, 0.2) is 0 Å². The molecule has 3 radical (unpaired) electrons. The van der Waals surface area contributed by atoms with E-state index in [0.29, 0.717) is 0 Å². The Balaban J connectivity index is 2.29. The molecule has 0 aliphatic rings. The first-order chi connectivity index (χ1) is 9.74. The van der Waals surface area contributed by atoms with E-state index in [0.717, 1.165) is 9.66 Å². The number of hydrogen-bond acceptors (Lipinski definition) is 0. The fourth-order valence-electron chi connectivity index (χ4n) is 2.83. The standard InChI is InChI=1S/C18H10BrSi/c19-16-7-8-17(20)18-14(16)6-5-13-9-11-3-1-2-4-12(11)10-15(13)18/h1-10H. The zero-order valence-corrected chi connectivity index (χ0v) is 13.2. The van der Waals surface area contributed by atoms with E-state index in [1.165, 1.54) is 32.3 Å². The molecular formula is C18H10BrSi. The maximum atomic E-state index is 3.75. The fourth-order valence-corrected chi connectivity index (χ4v) is 3.65. The normalized spacial score (nSPS) is 11.5. The van der Waals surface area contributed by atoms with Gasteiger partial charge in [0, 0.05) is 4.47 Å². The zero-order chi connectivity index (χ0) is 13.7. The molecule has 4 aromatic carbocycles.